The van der Waals surface area contributed by atoms with Gasteiger partial charge in [-0.2, -0.15) is 0 Å². The highest BCUT2D eigenvalue weighted by molar-refractivity contribution is 6.33. The third-order valence-corrected chi connectivity index (χ3v) is 3.76. The zero-order valence-electron chi connectivity index (χ0n) is 11.3. The van der Waals surface area contributed by atoms with Gasteiger partial charge in [0.05, 0.1) is 6.10 Å². The molecule has 0 aliphatic heterocycles. The molecule has 0 aliphatic rings. The van der Waals surface area contributed by atoms with Crippen molar-refractivity contribution in [3.05, 3.63) is 69.5 Å². The molecule has 0 bridgehead atoms. The molecule has 5 heteroatoms. The van der Waals surface area contributed by atoms with Crippen molar-refractivity contribution < 1.29 is 9.50 Å². The van der Waals surface area contributed by atoms with Crippen molar-refractivity contribution in [2.75, 3.05) is 13.1 Å². The van der Waals surface area contributed by atoms with Gasteiger partial charge in [0.25, 0.3) is 0 Å². The van der Waals surface area contributed by atoms with Crippen LogP contribution in [0, 0.1) is 5.82 Å². The molecule has 1 atom stereocenters. The van der Waals surface area contributed by atoms with Gasteiger partial charge in [-0.15, -0.1) is 0 Å². The monoisotopic (exact) mass is 327 g/mol. The first-order chi connectivity index (χ1) is 10.1. The Balaban J connectivity index is 1.83. The fourth-order valence-electron chi connectivity index (χ4n) is 2.04. The molecule has 2 rings (SSSR count). The molecule has 0 radical (unpaired) electrons. The molecule has 1 unspecified atom stereocenters. The molecule has 0 aromatic heterocycles. The van der Waals surface area contributed by atoms with Crippen LogP contribution in [-0.4, -0.2) is 18.2 Å². The smallest absolute Gasteiger partial charge is 0.126 e. The van der Waals surface area contributed by atoms with Gasteiger partial charge >= 0.3 is 0 Å². The van der Waals surface area contributed by atoms with Crippen LogP contribution < -0.4 is 5.32 Å². The first-order valence-corrected chi connectivity index (χ1v) is 7.40. The number of aliphatic hydroxyl groups is 1. The lowest BCUT2D eigenvalue weighted by atomic mass is 10.1. The van der Waals surface area contributed by atoms with Crippen LogP contribution in [0.4, 0.5) is 4.39 Å². The maximum atomic E-state index is 13.4. The minimum atomic E-state index is -0.753. The van der Waals surface area contributed by atoms with E-state index in [-0.39, 0.29) is 5.82 Å². The minimum Gasteiger partial charge on any atom is -0.387 e. The molecule has 2 nitrogen and oxygen atoms in total. The molecule has 0 saturated heterocycles. The Morgan fingerprint density at radius 2 is 1.90 bits per heavy atom. The predicted molar refractivity (Wildman–Crippen MR) is 84.4 cm³/mol. The summed E-state index contributed by atoms with van der Waals surface area (Å²) in [6.07, 6.45) is -0.195. The third kappa shape index (κ3) is 4.68. The number of halogens is 3. The van der Waals surface area contributed by atoms with E-state index < -0.39 is 6.10 Å². The van der Waals surface area contributed by atoms with Crippen LogP contribution in [0.15, 0.2) is 42.5 Å². The zero-order valence-corrected chi connectivity index (χ0v) is 12.8. The number of rotatable bonds is 6. The summed E-state index contributed by atoms with van der Waals surface area (Å²) in [7, 11) is 0. The van der Waals surface area contributed by atoms with Crippen LogP contribution >= 0.6 is 23.2 Å². The lowest BCUT2D eigenvalue weighted by Gasteiger charge is -2.14. The average molecular weight is 328 g/mol. The van der Waals surface area contributed by atoms with Crippen LogP contribution in [0.2, 0.25) is 10.0 Å². The van der Waals surface area contributed by atoms with Crippen molar-refractivity contribution >= 4 is 23.2 Å². The van der Waals surface area contributed by atoms with E-state index in [0.29, 0.717) is 40.7 Å². The second-order valence-corrected chi connectivity index (χ2v) is 5.57. The highest BCUT2D eigenvalue weighted by atomic mass is 35.5. The van der Waals surface area contributed by atoms with Crippen molar-refractivity contribution in [3.8, 4) is 0 Å². The number of nitrogens with one attached hydrogen (secondary N) is 1. The summed E-state index contributed by atoms with van der Waals surface area (Å²) in [6.45, 7) is 0.894. The Kier molecular flexibility index (Phi) is 6.00. The molecular weight excluding hydrogens is 312 g/mol. The van der Waals surface area contributed by atoms with Crippen LogP contribution in [0.1, 0.15) is 17.2 Å². The molecule has 112 valence electrons. The van der Waals surface area contributed by atoms with Crippen LogP contribution in [0.3, 0.4) is 0 Å². The van der Waals surface area contributed by atoms with Crippen LogP contribution in [0.25, 0.3) is 0 Å². The van der Waals surface area contributed by atoms with Crippen molar-refractivity contribution in [1.82, 2.24) is 5.32 Å². The molecule has 2 aromatic rings. The zero-order chi connectivity index (χ0) is 15.2. The summed E-state index contributed by atoms with van der Waals surface area (Å²) < 4.78 is 13.4. The van der Waals surface area contributed by atoms with Crippen molar-refractivity contribution in [2.45, 2.75) is 12.5 Å². The van der Waals surface area contributed by atoms with Crippen molar-refractivity contribution in [1.29, 1.82) is 0 Å². The molecule has 21 heavy (non-hydrogen) atoms. The Labute approximate surface area is 133 Å². The summed E-state index contributed by atoms with van der Waals surface area (Å²) >= 11 is 11.9. The standard InChI is InChI=1S/C16H16Cl2FNO/c17-12-5-6-14(18)13(9-12)16(21)10-20-8-7-11-3-1-2-4-15(11)19/h1-6,9,16,20-21H,7-8,10H2. The normalized spacial score (nSPS) is 12.4. The molecule has 2 N–H and O–H groups in total. The summed E-state index contributed by atoms with van der Waals surface area (Å²) in [5.41, 5.74) is 1.24. The van der Waals surface area contributed by atoms with E-state index in [4.69, 9.17) is 23.2 Å². The SMILES string of the molecule is OC(CNCCc1ccccc1F)c1cc(Cl)ccc1Cl. The van der Waals surface area contributed by atoms with E-state index in [1.54, 1.807) is 36.4 Å². The molecule has 0 fully saturated rings. The molecule has 0 saturated carbocycles. The fraction of sp³-hybridized carbons (Fsp3) is 0.250. The van der Waals surface area contributed by atoms with Gasteiger partial charge in [0.15, 0.2) is 0 Å². The van der Waals surface area contributed by atoms with Gasteiger partial charge in [-0.25, -0.2) is 4.39 Å². The van der Waals surface area contributed by atoms with Crippen molar-refractivity contribution in [2.24, 2.45) is 0 Å². The van der Waals surface area contributed by atoms with Gasteiger partial charge in [0.1, 0.15) is 5.82 Å². The average Bonchev–Trinajstić information content (AvgIpc) is 2.47. The number of aliphatic hydroxyl groups excluding tert-OH is 1. The first kappa shape index (κ1) is 16.2. The number of benzene rings is 2. The van der Waals surface area contributed by atoms with Crippen LogP contribution in [0.5, 0.6) is 0 Å². The maximum absolute atomic E-state index is 13.4. The Hall–Kier alpha value is -1.13. The van der Waals surface area contributed by atoms with E-state index in [2.05, 4.69) is 5.32 Å². The Morgan fingerprint density at radius 1 is 1.14 bits per heavy atom. The molecule has 0 amide bonds. The van der Waals surface area contributed by atoms with Gasteiger partial charge < -0.3 is 10.4 Å². The minimum absolute atomic E-state index is 0.210. The van der Waals surface area contributed by atoms with E-state index >= 15 is 0 Å². The second kappa shape index (κ2) is 7.76. The Bertz CT molecular complexity index is 607. The van der Waals surface area contributed by atoms with Gasteiger partial charge in [-0.05, 0) is 42.8 Å². The van der Waals surface area contributed by atoms with E-state index in [9.17, 15) is 9.50 Å². The van der Waals surface area contributed by atoms with E-state index in [1.165, 1.54) is 6.07 Å². The topological polar surface area (TPSA) is 32.3 Å². The van der Waals surface area contributed by atoms with E-state index in [0.717, 1.165) is 0 Å². The summed E-state index contributed by atoms with van der Waals surface area (Å²) in [5, 5.41) is 14.2. The van der Waals surface area contributed by atoms with Gasteiger partial charge in [0, 0.05) is 22.2 Å². The van der Waals surface area contributed by atoms with Gasteiger partial charge in [-0.3, -0.25) is 0 Å². The first-order valence-electron chi connectivity index (χ1n) is 6.65. The van der Waals surface area contributed by atoms with Gasteiger partial charge in [0.2, 0.25) is 0 Å². The summed E-state index contributed by atoms with van der Waals surface area (Å²) in [6, 6.07) is 11.6. The van der Waals surface area contributed by atoms with E-state index in [1.807, 2.05) is 0 Å². The molecule has 0 aliphatic carbocycles. The van der Waals surface area contributed by atoms with Crippen molar-refractivity contribution in [3.63, 3.8) is 0 Å². The molecular formula is C16H16Cl2FNO. The fourth-order valence-corrected chi connectivity index (χ4v) is 2.47. The quantitative estimate of drug-likeness (QED) is 0.786. The highest BCUT2D eigenvalue weighted by Crippen LogP contribution is 2.25. The predicted octanol–water partition coefficient (Wildman–Crippen LogP) is 4.00. The lowest BCUT2D eigenvalue weighted by Crippen LogP contribution is -2.24. The number of hydrogen-bond acceptors (Lipinski definition) is 2. The summed E-state index contributed by atoms with van der Waals surface area (Å²) in [5.74, 6) is -0.210. The molecule has 2 aromatic carbocycles. The molecule has 0 spiro atoms. The third-order valence-electron chi connectivity index (χ3n) is 3.18. The van der Waals surface area contributed by atoms with Gasteiger partial charge in [-0.1, -0.05) is 41.4 Å². The second-order valence-electron chi connectivity index (χ2n) is 4.73. The Morgan fingerprint density at radius 3 is 2.67 bits per heavy atom. The largest absolute Gasteiger partial charge is 0.387 e. The van der Waals surface area contributed by atoms with Crippen LogP contribution in [-0.2, 0) is 6.42 Å². The highest BCUT2D eigenvalue weighted by Gasteiger charge is 2.11. The maximum Gasteiger partial charge on any atom is 0.126 e. The lowest BCUT2D eigenvalue weighted by molar-refractivity contribution is 0.175. The number of hydrogen-bond donors (Lipinski definition) is 2. The summed E-state index contributed by atoms with van der Waals surface area (Å²) in [4.78, 5) is 0. The molecule has 0 heterocycles.